The molecular formula is C24H32N2O2S. The minimum atomic E-state index is -0.378. The van der Waals surface area contributed by atoms with E-state index in [-0.39, 0.29) is 29.8 Å². The molecule has 1 fully saturated rings. The third-order valence-corrected chi connectivity index (χ3v) is 6.43. The summed E-state index contributed by atoms with van der Waals surface area (Å²) in [5.74, 6) is 0.213. The van der Waals surface area contributed by atoms with Gasteiger partial charge in [0.15, 0.2) is 0 Å². The number of carbonyl (C=O) groups is 2. The smallest absolute Gasteiger partial charge is 0.242 e. The number of carbonyl (C=O) groups excluding carboxylic acids is 2. The van der Waals surface area contributed by atoms with Crippen LogP contribution in [0.4, 0.5) is 0 Å². The second kappa shape index (κ2) is 9.57. The fourth-order valence-electron chi connectivity index (χ4n) is 3.90. The lowest BCUT2D eigenvalue weighted by Gasteiger charge is -2.38. The van der Waals surface area contributed by atoms with Gasteiger partial charge in [-0.1, -0.05) is 49.2 Å². The highest BCUT2D eigenvalue weighted by molar-refractivity contribution is 7.09. The maximum atomic E-state index is 13.4. The molecule has 0 saturated heterocycles. The van der Waals surface area contributed by atoms with Gasteiger partial charge in [-0.2, -0.15) is 0 Å². The van der Waals surface area contributed by atoms with Gasteiger partial charge in [-0.3, -0.25) is 9.59 Å². The first-order valence-corrected chi connectivity index (χ1v) is 11.4. The van der Waals surface area contributed by atoms with Crippen molar-refractivity contribution in [3.05, 3.63) is 58.3 Å². The van der Waals surface area contributed by atoms with Crippen molar-refractivity contribution in [2.75, 3.05) is 6.54 Å². The molecule has 0 atom stereocenters. The molecule has 2 amide bonds. The van der Waals surface area contributed by atoms with Crippen LogP contribution in [0.25, 0.3) is 0 Å². The summed E-state index contributed by atoms with van der Waals surface area (Å²) in [7, 11) is 0. The van der Waals surface area contributed by atoms with Gasteiger partial charge >= 0.3 is 0 Å². The van der Waals surface area contributed by atoms with Crippen molar-refractivity contribution in [2.24, 2.45) is 5.92 Å². The lowest BCUT2D eigenvalue weighted by molar-refractivity contribution is -0.148. The van der Waals surface area contributed by atoms with Crippen LogP contribution >= 0.6 is 11.3 Å². The normalized spacial score (nSPS) is 14.7. The first kappa shape index (κ1) is 21.6. The molecule has 0 bridgehead atoms. The molecule has 4 nitrogen and oxygen atoms in total. The molecule has 1 aromatic carbocycles. The maximum Gasteiger partial charge on any atom is 0.242 e. The second-order valence-corrected chi connectivity index (χ2v) is 9.92. The molecule has 0 radical (unpaired) electrons. The van der Waals surface area contributed by atoms with Gasteiger partial charge in [0.25, 0.3) is 0 Å². The first-order valence-electron chi connectivity index (χ1n) is 10.5. The SMILES string of the molecule is CC(C)(C)N(CC(=O)N(Cc1ccccc1)Cc1cccs1)C(=O)C1CCCC1. The summed E-state index contributed by atoms with van der Waals surface area (Å²) in [5.41, 5.74) is 0.721. The van der Waals surface area contributed by atoms with Crippen LogP contribution < -0.4 is 0 Å². The van der Waals surface area contributed by atoms with Crippen molar-refractivity contribution in [3.63, 3.8) is 0 Å². The summed E-state index contributed by atoms with van der Waals surface area (Å²) in [4.78, 5) is 31.4. The zero-order valence-electron chi connectivity index (χ0n) is 17.8. The molecule has 1 aromatic heterocycles. The van der Waals surface area contributed by atoms with Crippen molar-refractivity contribution in [3.8, 4) is 0 Å². The third-order valence-electron chi connectivity index (χ3n) is 5.57. The fraction of sp³-hybridized carbons (Fsp3) is 0.500. The summed E-state index contributed by atoms with van der Waals surface area (Å²) in [5, 5.41) is 2.03. The Morgan fingerprint density at radius 2 is 1.69 bits per heavy atom. The number of amides is 2. The molecule has 5 heteroatoms. The van der Waals surface area contributed by atoms with Gasteiger partial charge in [0, 0.05) is 22.9 Å². The maximum absolute atomic E-state index is 13.4. The highest BCUT2D eigenvalue weighted by atomic mass is 32.1. The minimum absolute atomic E-state index is 0.00326. The van der Waals surface area contributed by atoms with Gasteiger partial charge in [-0.25, -0.2) is 0 Å². The fourth-order valence-corrected chi connectivity index (χ4v) is 4.62. The van der Waals surface area contributed by atoms with E-state index < -0.39 is 0 Å². The Balaban J connectivity index is 1.77. The Kier molecular flexibility index (Phi) is 7.12. The van der Waals surface area contributed by atoms with Crippen LogP contribution in [0.3, 0.4) is 0 Å². The second-order valence-electron chi connectivity index (χ2n) is 8.89. The van der Waals surface area contributed by atoms with E-state index in [1.165, 1.54) is 0 Å². The molecule has 3 rings (SSSR count). The monoisotopic (exact) mass is 412 g/mol. The van der Waals surface area contributed by atoms with Gasteiger partial charge in [-0.05, 0) is 50.6 Å². The average molecular weight is 413 g/mol. The van der Waals surface area contributed by atoms with E-state index in [1.807, 2.05) is 67.4 Å². The summed E-state index contributed by atoms with van der Waals surface area (Å²) in [6.07, 6.45) is 4.12. The Morgan fingerprint density at radius 1 is 1.00 bits per heavy atom. The predicted molar refractivity (Wildman–Crippen MR) is 118 cm³/mol. The van der Waals surface area contributed by atoms with Crippen LogP contribution in [-0.2, 0) is 22.7 Å². The number of hydrogen-bond acceptors (Lipinski definition) is 3. The van der Waals surface area contributed by atoms with Crippen LogP contribution in [0.5, 0.6) is 0 Å². The van der Waals surface area contributed by atoms with Gasteiger partial charge in [-0.15, -0.1) is 11.3 Å². The van der Waals surface area contributed by atoms with Crippen LogP contribution in [0.1, 0.15) is 56.9 Å². The molecule has 0 N–H and O–H groups in total. The van der Waals surface area contributed by atoms with Crippen molar-refractivity contribution in [1.82, 2.24) is 9.80 Å². The Hall–Kier alpha value is -2.14. The molecule has 1 heterocycles. The van der Waals surface area contributed by atoms with Crippen LogP contribution in [0.2, 0.25) is 0 Å². The standard InChI is InChI=1S/C24H32N2O2S/c1-24(2,3)26(23(28)20-12-7-8-13-20)18-22(27)25(17-21-14-9-15-29-21)16-19-10-5-4-6-11-19/h4-6,9-11,14-15,20H,7-8,12-13,16-18H2,1-3H3. The molecule has 1 aliphatic rings. The van der Waals surface area contributed by atoms with E-state index in [0.29, 0.717) is 13.1 Å². The first-order chi connectivity index (χ1) is 13.8. The number of hydrogen-bond donors (Lipinski definition) is 0. The van der Waals surface area contributed by atoms with Crippen molar-refractivity contribution in [2.45, 2.75) is 65.1 Å². The van der Waals surface area contributed by atoms with Crippen molar-refractivity contribution < 1.29 is 9.59 Å². The molecule has 2 aromatic rings. The number of nitrogens with zero attached hydrogens (tertiary/aromatic N) is 2. The lowest BCUT2D eigenvalue weighted by atomic mass is 10.00. The van der Waals surface area contributed by atoms with Crippen LogP contribution in [0.15, 0.2) is 47.8 Å². The van der Waals surface area contributed by atoms with Gasteiger partial charge in [0.2, 0.25) is 11.8 Å². The molecule has 0 aliphatic heterocycles. The predicted octanol–water partition coefficient (Wildman–Crippen LogP) is 5.09. The zero-order chi connectivity index (χ0) is 20.9. The molecular weight excluding hydrogens is 380 g/mol. The number of benzene rings is 1. The van der Waals surface area contributed by atoms with Gasteiger partial charge in [0.1, 0.15) is 6.54 Å². The molecule has 1 saturated carbocycles. The molecule has 0 spiro atoms. The van der Waals surface area contributed by atoms with E-state index in [9.17, 15) is 9.59 Å². The van der Waals surface area contributed by atoms with Crippen molar-refractivity contribution in [1.29, 1.82) is 0 Å². The van der Waals surface area contributed by atoms with Gasteiger partial charge < -0.3 is 9.80 Å². The summed E-state index contributed by atoms with van der Waals surface area (Å²) >= 11 is 1.66. The Morgan fingerprint density at radius 3 is 2.28 bits per heavy atom. The molecule has 29 heavy (non-hydrogen) atoms. The highest BCUT2D eigenvalue weighted by Gasteiger charge is 2.35. The third kappa shape index (κ3) is 5.92. The lowest BCUT2D eigenvalue weighted by Crippen LogP contribution is -2.52. The van der Waals surface area contributed by atoms with E-state index in [2.05, 4.69) is 6.07 Å². The highest BCUT2D eigenvalue weighted by Crippen LogP contribution is 2.29. The van der Waals surface area contributed by atoms with Gasteiger partial charge in [0.05, 0.1) is 6.54 Å². The summed E-state index contributed by atoms with van der Waals surface area (Å²) in [6.45, 7) is 7.32. The van der Waals surface area contributed by atoms with Crippen LogP contribution in [-0.4, -0.2) is 33.7 Å². The molecule has 0 unspecified atom stereocenters. The van der Waals surface area contributed by atoms with E-state index in [0.717, 1.165) is 36.1 Å². The number of thiophene rings is 1. The molecule has 156 valence electrons. The number of rotatable bonds is 7. The summed E-state index contributed by atoms with van der Waals surface area (Å²) < 4.78 is 0. The van der Waals surface area contributed by atoms with Crippen molar-refractivity contribution >= 4 is 23.2 Å². The zero-order valence-corrected chi connectivity index (χ0v) is 18.6. The average Bonchev–Trinajstić information content (AvgIpc) is 3.39. The quantitative estimate of drug-likeness (QED) is 0.635. The minimum Gasteiger partial charge on any atom is -0.332 e. The van der Waals surface area contributed by atoms with Crippen LogP contribution in [0, 0.1) is 5.92 Å². The Labute approximate surface area is 178 Å². The van der Waals surface area contributed by atoms with E-state index in [1.54, 1.807) is 16.2 Å². The topological polar surface area (TPSA) is 40.6 Å². The van der Waals surface area contributed by atoms with E-state index >= 15 is 0 Å². The van der Waals surface area contributed by atoms with E-state index in [4.69, 9.17) is 0 Å². The summed E-state index contributed by atoms with van der Waals surface area (Å²) in [6, 6.07) is 14.1. The molecule has 1 aliphatic carbocycles. The largest absolute Gasteiger partial charge is 0.332 e. The Bertz CT molecular complexity index is 790.